The van der Waals surface area contributed by atoms with Crippen LogP contribution in [0.5, 0.6) is 5.75 Å². The second-order valence-electron chi connectivity index (χ2n) is 7.39. The largest absolute Gasteiger partial charge is 0.508 e. The first kappa shape index (κ1) is 17.2. The molecule has 24 heavy (non-hydrogen) atoms. The number of carbonyl (C=O) groups is 1. The van der Waals surface area contributed by atoms with Crippen LogP contribution in [0.25, 0.3) is 0 Å². The van der Waals surface area contributed by atoms with Gasteiger partial charge in [0.15, 0.2) is 6.54 Å². The normalized spacial score (nSPS) is 28.5. The second kappa shape index (κ2) is 7.53. The van der Waals surface area contributed by atoms with Gasteiger partial charge in [-0.2, -0.15) is 0 Å². The van der Waals surface area contributed by atoms with E-state index in [1.54, 1.807) is 12.1 Å². The summed E-state index contributed by atoms with van der Waals surface area (Å²) < 4.78 is 5.36. The van der Waals surface area contributed by atoms with Gasteiger partial charge in [-0.15, -0.1) is 0 Å². The minimum absolute atomic E-state index is 0.139. The minimum Gasteiger partial charge on any atom is -0.508 e. The molecule has 1 aliphatic carbocycles. The minimum atomic E-state index is -0.210. The number of phenolic OH excluding ortho intramolecular Hbond substituents is 1. The number of rotatable bonds is 4. The van der Waals surface area contributed by atoms with Crippen molar-refractivity contribution in [2.75, 3.05) is 32.8 Å². The number of quaternary nitrogens is 1. The molecule has 5 nitrogen and oxygen atoms in total. The molecule has 1 saturated carbocycles. The third-order valence-corrected chi connectivity index (χ3v) is 5.54. The molecular weight excluding hydrogens is 304 g/mol. The van der Waals surface area contributed by atoms with Gasteiger partial charge in [-0.05, 0) is 37.5 Å². The highest BCUT2D eigenvalue weighted by molar-refractivity contribution is 5.78. The van der Waals surface area contributed by atoms with Crippen LogP contribution in [0.3, 0.4) is 0 Å². The number of benzene rings is 1. The summed E-state index contributed by atoms with van der Waals surface area (Å²) in [5.74, 6) is 0.729. The van der Waals surface area contributed by atoms with Crippen molar-refractivity contribution in [1.82, 2.24) is 5.32 Å². The monoisotopic (exact) mass is 333 g/mol. The average Bonchev–Trinajstić information content (AvgIpc) is 2.57. The highest BCUT2D eigenvalue weighted by Gasteiger charge is 2.39. The summed E-state index contributed by atoms with van der Waals surface area (Å²) in [5.41, 5.74) is 0.993. The van der Waals surface area contributed by atoms with Crippen LogP contribution in [0.15, 0.2) is 24.3 Å². The van der Waals surface area contributed by atoms with Crippen LogP contribution in [0, 0.1) is 0 Å². The topological polar surface area (TPSA) is 63.0 Å². The van der Waals surface area contributed by atoms with Crippen molar-refractivity contribution in [3.63, 3.8) is 0 Å². The van der Waals surface area contributed by atoms with E-state index < -0.39 is 0 Å². The van der Waals surface area contributed by atoms with Gasteiger partial charge in [-0.25, -0.2) is 0 Å². The molecule has 1 amide bonds. The first-order valence-electron chi connectivity index (χ1n) is 9.08. The van der Waals surface area contributed by atoms with Gasteiger partial charge in [0.2, 0.25) is 0 Å². The molecule has 0 unspecified atom stereocenters. The van der Waals surface area contributed by atoms with E-state index in [0.717, 1.165) is 45.6 Å². The van der Waals surface area contributed by atoms with Crippen molar-refractivity contribution in [2.45, 2.75) is 44.1 Å². The van der Waals surface area contributed by atoms with E-state index >= 15 is 0 Å². The maximum atomic E-state index is 12.6. The lowest BCUT2D eigenvalue weighted by atomic mass is 9.70. The molecule has 1 aromatic carbocycles. The molecule has 3 rings (SSSR count). The molecule has 0 spiro atoms. The summed E-state index contributed by atoms with van der Waals surface area (Å²) in [6.07, 6.45) is 4.41. The molecule has 2 atom stereocenters. The molecule has 1 heterocycles. The van der Waals surface area contributed by atoms with E-state index in [1.165, 1.54) is 16.9 Å². The molecule has 0 bridgehead atoms. The van der Waals surface area contributed by atoms with Crippen LogP contribution < -0.4 is 10.2 Å². The fraction of sp³-hybridized carbons (Fsp3) is 0.632. The Hall–Kier alpha value is -1.59. The van der Waals surface area contributed by atoms with Crippen LogP contribution in [0.2, 0.25) is 0 Å². The van der Waals surface area contributed by atoms with E-state index in [4.69, 9.17) is 4.74 Å². The van der Waals surface area contributed by atoms with Gasteiger partial charge in [-0.1, -0.05) is 25.0 Å². The first-order chi connectivity index (χ1) is 11.6. The molecule has 3 N–H and O–H groups in total. The Morgan fingerprint density at radius 1 is 1.29 bits per heavy atom. The third-order valence-electron chi connectivity index (χ3n) is 5.54. The summed E-state index contributed by atoms with van der Waals surface area (Å²) in [4.78, 5) is 13.9. The predicted octanol–water partition coefficient (Wildman–Crippen LogP) is 0.840. The summed E-state index contributed by atoms with van der Waals surface area (Å²) in [6, 6.07) is 7.46. The number of nitrogens with one attached hydrogen (secondary N) is 2. The first-order valence-corrected chi connectivity index (χ1v) is 9.08. The summed E-state index contributed by atoms with van der Waals surface area (Å²) in [7, 11) is 0. The van der Waals surface area contributed by atoms with Crippen LogP contribution in [0.4, 0.5) is 0 Å². The van der Waals surface area contributed by atoms with Gasteiger partial charge in [0, 0.05) is 11.5 Å². The zero-order valence-corrected chi connectivity index (χ0v) is 14.5. The van der Waals surface area contributed by atoms with Gasteiger partial charge < -0.3 is 20.1 Å². The fourth-order valence-electron chi connectivity index (χ4n) is 4.15. The second-order valence-corrected chi connectivity index (χ2v) is 7.39. The number of carbonyl (C=O) groups excluding carboxylic acids is 1. The predicted molar refractivity (Wildman–Crippen MR) is 92.2 cm³/mol. The Bertz CT molecular complexity index is 554. The fourth-order valence-corrected chi connectivity index (χ4v) is 4.15. The standard InChI is InChI=1S/C19H28N2O3/c1-19(20-18(23)14-21-10-12-24-13-11-21)9-3-2-4-17(19)15-5-7-16(22)8-6-15/h5-8,17,22H,2-4,9-14H2,1H3,(H,20,23)/p+1/t17-,19+/m0/s1. The van der Waals surface area contributed by atoms with Crippen LogP contribution in [-0.4, -0.2) is 49.4 Å². The Morgan fingerprint density at radius 3 is 2.71 bits per heavy atom. The van der Waals surface area contributed by atoms with Crippen LogP contribution in [0.1, 0.15) is 44.1 Å². The smallest absolute Gasteiger partial charge is 0.275 e. The Balaban J connectivity index is 1.67. The summed E-state index contributed by atoms with van der Waals surface area (Å²) >= 11 is 0. The lowest BCUT2D eigenvalue weighted by molar-refractivity contribution is -0.900. The maximum absolute atomic E-state index is 12.6. The van der Waals surface area contributed by atoms with Gasteiger partial charge >= 0.3 is 0 Å². The molecule has 0 aromatic heterocycles. The van der Waals surface area contributed by atoms with Gasteiger partial charge in [-0.3, -0.25) is 4.79 Å². The molecule has 2 aliphatic rings. The van der Waals surface area contributed by atoms with E-state index in [1.807, 2.05) is 12.1 Å². The molecule has 1 aliphatic heterocycles. The van der Waals surface area contributed by atoms with Gasteiger partial charge in [0.1, 0.15) is 18.8 Å². The molecule has 1 aromatic rings. The highest BCUT2D eigenvalue weighted by atomic mass is 16.5. The van der Waals surface area contributed by atoms with E-state index in [0.29, 0.717) is 12.5 Å². The van der Waals surface area contributed by atoms with Crippen LogP contribution in [-0.2, 0) is 9.53 Å². The quantitative estimate of drug-likeness (QED) is 0.765. The van der Waals surface area contributed by atoms with E-state index in [9.17, 15) is 9.90 Å². The molecule has 2 fully saturated rings. The third kappa shape index (κ3) is 4.08. The molecular formula is C19H29N2O3+. The van der Waals surface area contributed by atoms with Crippen molar-refractivity contribution < 1.29 is 19.5 Å². The lowest BCUT2D eigenvalue weighted by Gasteiger charge is -2.42. The maximum Gasteiger partial charge on any atom is 0.275 e. The molecule has 1 saturated heterocycles. The van der Waals surface area contributed by atoms with Crippen molar-refractivity contribution in [1.29, 1.82) is 0 Å². The number of hydrogen-bond donors (Lipinski definition) is 3. The van der Waals surface area contributed by atoms with Gasteiger partial charge in [0.05, 0.1) is 13.2 Å². The Morgan fingerprint density at radius 2 is 2.00 bits per heavy atom. The summed E-state index contributed by atoms with van der Waals surface area (Å²) in [6.45, 7) is 6.01. The lowest BCUT2D eigenvalue weighted by Crippen LogP contribution is -3.15. The Labute approximate surface area is 144 Å². The number of phenols is 1. The number of hydrogen-bond acceptors (Lipinski definition) is 3. The zero-order chi connectivity index (χ0) is 17.0. The van der Waals surface area contributed by atoms with Gasteiger partial charge in [0.25, 0.3) is 5.91 Å². The van der Waals surface area contributed by atoms with Crippen LogP contribution >= 0.6 is 0 Å². The number of morpholine rings is 1. The Kier molecular flexibility index (Phi) is 5.41. The van der Waals surface area contributed by atoms with Crippen molar-refractivity contribution in [3.05, 3.63) is 29.8 Å². The summed E-state index contributed by atoms with van der Waals surface area (Å²) in [5, 5.41) is 12.9. The average molecular weight is 333 g/mol. The highest BCUT2D eigenvalue weighted by Crippen LogP contribution is 2.41. The SMILES string of the molecule is C[C@@]1(NC(=O)C[NH+]2CCOCC2)CCCC[C@H]1c1ccc(O)cc1. The number of ether oxygens (including phenoxy) is 1. The number of aromatic hydroxyl groups is 1. The van der Waals surface area contributed by atoms with Crippen molar-refractivity contribution in [3.8, 4) is 5.75 Å². The van der Waals surface area contributed by atoms with E-state index in [2.05, 4.69) is 12.2 Å². The number of amides is 1. The zero-order valence-electron chi connectivity index (χ0n) is 14.5. The van der Waals surface area contributed by atoms with Crippen molar-refractivity contribution in [2.24, 2.45) is 0 Å². The molecule has 5 heteroatoms. The van der Waals surface area contributed by atoms with E-state index in [-0.39, 0.29) is 17.2 Å². The molecule has 132 valence electrons. The molecule has 0 radical (unpaired) electrons. The van der Waals surface area contributed by atoms with Crippen molar-refractivity contribution >= 4 is 5.91 Å².